The highest BCUT2D eigenvalue weighted by Crippen LogP contribution is 2.17. The Morgan fingerprint density at radius 3 is 2.22 bits per heavy atom. The molecule has 0 spiro atoms. The molecule has 4 nitrogen and oxygen atoms in total. The molecule has 0 radical (unpaired) electrons. The van der Waals surface area contributed by atoms with Crippen LogP contribution >= 0.6 is 0 Å². The molecule has 1 heterocycles. The van der Waals surface area contributed by atoms with Crippen LogP contribution in [0.4, 0.5) is 0 Å². The molecule has 1 aromatic rings. The largest absolute Gasteiger partial charge is 0.471 e. The summed E-state index contributed by atoms with van der Waals surface area (Å²) in [6, 6.07) is 0. The zero-order valence-corrected chi connectivity index (χ0v) is 12.4. The summed E-state index contributed by atoms with van der Waals surface area (Å²) in [5, 5.41) is 3.37. The van der Waals surface area contributed by atoms with Crippen molar-refractivity contribution in [2.75, 3.05) is 0 Å². The second-order valence-electron chi connectivity index (χ2n) is 6.16. The minimum atomic E-state index is -0.195. The average molecular weight is 251 g/mol. The minimum absolute atomic E-state index is 0.0844. The Balaban J connectivity index is 2.58. The van der Waals surface area contributed by atoms with E-state index >= 15 is 0 Å². The lowest BCUT2D eigenvalue weighted by Gasteiger charge is -2.24. The highest BCUT2D eigenvalue weighted by Gasteiger charge is 2.17. The lowest BCUT2D eigenvalue weighted by molar-refractivity contribution is 0.0983. The summed E-state index contributed by atoms with van der Waals surface area (Å²) in [5.74, 6) is 0.585. The summed E-state index contributed by atoms with van der Waals surface area (Å²) in [4.78, 5) is 8.64. The van der Waals surface area contributed by atoms with Crippen molar-refractivity contribution in [1.82, 2.24) is 15.3 Å². The van der Waals surface area contributed by atoms with E-state index in [0.29, 0.717) is 12.4 Å². The summed E-state index contributed by atoms with van der Waals surface area (Å²) in [7, 11) is 0. The van der Waals surface area contributed by atoms with Gasteiger partial charge < -0.3 is 10.1 Å². The van der Waals surface area contributed by atoms with E-state index in [-0.39, 0.29) is 11.1 Å². The van der Waals surface area contributed by atoms with Crippen molar-refractivity contribution in [3.8, 4) is 5.88 Å². The molecule has 0 bridgehead atoms. The molecule has 0 aliphatic carbocycles. The van der Waals surface area contributed by atoms with Crippen LogP contribution < -0.4 is 10.1 Å². The van der Waals surface area contributed by atoms with Gasteiger partial charge in [0.15, 0.2) is 0 Å². The van der Waals surface area contributed by atoms with E-state index in [4.69, 9.17) is 4.74 Å². The molecule has 0 unspecified atom stereocenters. The third kappa shape index (κ3) is 5.45. The lowest BCUT2D eigenvalue weighted by atomic mass is 10.1. The van der Waals surface area contributed by atoms with E-state index in [1.165, 1.54) is 0 Å². The number of hydrogen-bond acceptors (Lipinski definition) is 4. The molecule has 0 atom stereocenters. The molecule has 0 aliphatic heterocycles. The molecule has 1 N–H and O–H groups in total. The van der Waals surface area contributed by atoms with Crippen molar-refractivity contribution < 1.29 is 4.74 Å². The first kappa shape index (κ1) is 14.9. The normalized spacial score (nSPS) is 12.6. The van der Waals surface area contributed by atoms with Gasteiger partial charge in [0, 0.05) is 12.1 Å². The average Bonchev–Trinajstić information content (AvgIpc) is 2.27. The van der Waals surface area contributed by atoms with Crippen LogP contribution in [0.3, 0.4) is 0 Å². The molecule has 0 amide bonds. The predicted molar refractivity (Wildman–Crippen MR) is 73.6 cm³/mol. The first-order valence-corrected chi connectivity index (χ1v) is 6.47. The third-order valence-corrected chi connectivity index (χ3v) is 2.71. The van der Waals surface area contributed by atoms with Crippen LogP contribution in [0.15, 0.2) is 12.4 Å². The number of nitrogens with one attached hydrogen (secondary N) is 1. The standard InChI is InChI=1S/C14H25N3O/c1-7-14(5,6)18-12-10-15-11(8-16-12)9-17-13(2,3)4/h8,10,17H,7,9H2,1-6H3. The molecular formula is C14H25N3O. The van der Waals surface area contributed by atoms with E-state index in [1.807, 2.05) is 13.8 Å². The van der Waals surface area contributed by atoms with Crippen molar-refractivity contribution in [3.63, 3.8) is 0 Å². The van der Waals surface area contributed by atoms with Crippen LogP contribution in [-0.2, 0) is 6.54 Å². The zero-order valence-electron chi connectivity index (χ0n) is 12.4. The third-order valence-electron chi connectivity index (χ3n) is 2.71. The summed E-state index contributed by atoms with van der Waals surface area (Å²) in [6.07, 6.45) is 4.39. The van der Waals surface area contributed by atoms with Gasteiger partial charge in [-0.2, -0.15) is 0 Å². The van der Waals surface area contributed by atoms with Crippen LogP contribution in [-0.4, -0.2) is 21.1 Å². The Morgan fingerprint density at radius 2 is 1.78 bits per heavy atom. The summed E-state index contributed by atoms with van der Waals surface area (Å²) < 4.78 is 5.76. The van der Waals surface area contributed by atoms with Gasteiger partial charge in [0.1, 0.15) is 5.60 Å². The first-order valence-electron chi connectivity index (χ1n) is 6.47. The van der Waals surface area contributed by atoms with Crippen LogP contribution in [0.1, 0.15) is 53.7 Å². The second-order valence-corrected chi connectivity index (χ2v) is 6.16. The Kier molecular flexibility index (Phi) is 4.68. The molecule has 0 saturated heterocycles. The number of rotatable bonds is 5. The molecule has 0 saturated carbocycles. The maximum absolute atomic E-state index is 5.76. The molecule has 18 heavy (non-hydrogen) atoms. The van der Waals surface area contributed by atoms with E-state index < -0.39 is 0 Å². The highest BCUT2D eigenvalue weighted by molar-refractivity contribution is 5.08. The number of aromatic nitrogens is 2. The second kappa shape index (κ2) is 5.65. The van der Waals surface area contributed by atoms with Crippen LogP contribution in [0, 0.1) is 0 Å². The monoisotopic (exact) mass is 251 g/mol. The van der Waals surface area contributed by atoms with Crippen molar-refractivity contribution in [2.24, 2.45) is 0 Å². The summed E-state index contributed by atoms with van der Waals surface area (Å²) >= 11 is 0. The number of nitrogens with zero attached hydrogens (tertiary/aromatic N) is 2. The van der Waals surface area contributed by atoms with Gasteiger partial charge in [-0.3, -0.25) is 4.98 Å². The lowest BCUT2D eigenvalue weighted by Crippen LogP contribution is -2.35. The minimum Gasteiger partial charge on any atom is -0.471 e. The fourth-order valence-corrected chi connectivity index (χ4v) is 1.20. The quantitative estimate of drug-likeness (QED) is 0.874. The van der Waals surface area contributed by atoms with Gasteiger partial charge in [-0.05, 0) is 41.0 Å². The van der Waals surface area contributed by atoms with Gasteiger partial charge in [0.2, 0.25) is 5.88 Å². The van der Waals surface area contributed by atoms with Crippen molar-refractivity contribution >= 4 is 0 Å². The van der Waals surface area contributed by atoms with E-state index in [9.17, 15) is 0 Å². The molecule has 1 rings (SSSR count). The maximum atomic E-state index is 5.76. The zero-order chi connectivity index (χ0) is 13.8. The first-order chi connectivity index (χ1) is 8.22. The Bertz CT molecular complexity index is 366. The smallest absolute Gasteiger partial charge is 0.232 e. The van der Waals surface area contributed by atoms with Gasteiger partial charge in [-0.25, -0.2) is 4.98 Å². The SMILES string of the molecule is CCC(C)(C)Oc1cnc(CNC(C)(C)C)cn1. The molecule has 4 heteroatoms. The Morgan fingerprint density at radius 1 is 1.11 bits per heavy atom. The van der Waals surface area contributed by atoms with Crippen LogP contribution in [0.2, 0.25) is 0 Å². The highest BCUT2D eigenvalue weighted by atomic mass is 16.5. The summed E-state index contributed by atoms with van der Waals surface area (Å²) in [5.41, 5.74) is 0.813. The number of ether oxygens (including phenoxy) is 1. The van der Waals surface area contributed by atoms with Gasteiger partial charge in [0.05, 0.1) is 18.1 Å². The Labute approximate surface area is 110 Å². The fourth-order valence-electron chi connectivity index (χ4n) is 1.20. The van der Waals surface area contributed by atoms with Crippen molar-refractivity contribution in [2.45, 2.75) is 65.6 Å². The molecule has 0 fully saturated rings. The van der Waals surface area contributed by atoms with Crippen LogP contribution in [0.5, 0.6) is 5.88 Å². The van der Waals surface area contributed by atoms with Gasteiger partial charge in [0.25, 0.3) is 0 Å². The van der Waals surface area contributed by atoms with E-state index in [0.717, 1.165) is 12.1 Å². The topological polar surface area (TPSA) is 47.0 Å². The van der Waals surface area contributed by atoms with Crippen LogP contribution in [0.25, 0.3) is 0 Å². The number of hydrogen-bond donors (Lipinski definition) is 1. The van der Waals surface area contributed by atoms with Gasteiger partial charge in [-0.15, -0.1) is 0 Å². The van der Waals surface area contributed by atoms with Crippen molar-refractivity contribution in [1.29, 1.82) is 0 Å². The van der Waals surface area contributed by atoms with E-state index in [2.05, 4.69) is 43.0 Å². The summed E-state index contributed by atoms with van der Waals surface area (Å²) in [6.45, 7) is 13.3. The van der Waals surface area contributed by atoms with E-state index in [1.54, 1.807) is 12.4 Å². The molecule has 1 aromatic heterocycles. The molecule has 0 aromatic carbocycles. The molecule has 102 valence electrons. The van der Waals surface area contributed by atoms with Gasteiger partial charge in [-0.1, -0.05) is 6.92 Å². The molecular weight excluding hydrogens is 226 g/mol. The predicted octanol–water partition coefficient (Wildman–Crippen LogP) is 2.93. The maximum Gasteiger partial charge on any atom is 0.232 e. The fraction of sp³-hybridized carbons (Fsp3) is 0.714. The molecule has 0 aliphatic rings. The Hall–Kier alpha value is -1.16. The van der Waals surface area contributed by atoms with Crippen molar-refractivity contribution in [3.05, 3.63) is 18.1 Å². The van der Waals surface area contributed by atoms with Gasteiger partial charge >= 0.3 is 0 Å².